The van der Waals surface area contributed by atoms with E-state index in [2.05, 4.69) is 30.7 Å². The van der Waals surface area contributed by atoms with Gasteiger partial charge >= 0.3 is 10.2 Å². The third-order valence-electron chi connectivity index (χ3n) is 5.45. The van der Waals surface area contributed by atoms with Gasteiger partial charge in [-0.3, -0.25) is 4.90 Å². The largest absolute Gasteiger partial charge is 0.310 e. The van der Waals surface area contributed by atoms with E-state index in [1.807, 2.05) is 6.92 Å². The highest BCUT2D eigenvalue weighted by atomic mass is 32.5. The fourth-order valence-corrected chi connectivity index (χ4v) is 4.56. The third-order valence-corrected chi connectivity index (χ3v) is 6.62. The number of halogens is 5. The number of nitrogens with zero attached hydrogens (tertiary/aromatic N) is 2. The molecule has 1 heterocycles. The highest BCUT2D eigenvalue weighted by molar-refractivity contribution is 8.45. The molecule has 8 heteroatoms. The molecule has 0 N–H and O–H groups in total. The molecule has 0 unspecified atom stereocenters. The minimum atomic E-state index is -9.62. The van der Waals surface area contributed by atoms with Gasteiger partial charge in [-0.15, -0.1) is 0 Å². The van der Waals surface area contributed by atoms with Crippen molar-refractivity contribution < 1.29 is 19.4 Å². The molecule has 0 spiro atoms. The Morgan fingerprint density at radius 2 is 1.46 bits per heavy atom. The number of hydrogen-bond donors (Lipinski definition) is 0. The second-order valence-corrected chi connectivity index (χ2v) is 9.63. The number of benzene rings is 1. The topological polar surface area (TPSA) is 6.48 Å². The van der Waals surface area contributed by atoms with Crippen LogP contribution in [-0.4, -0.2) is 42.0 Å². The van der Waals surface area contributed by atoms with Crippen LogP contribution in [0.25, 0.3) is 0 Å². The normalized spacial score (nSPS) is 27.0. The van der Waals surface area contributed by atoms with Gasteiger partial charge in [0.15, 0.2) is 0 Å². The molecule has 3 atom stereocenters. The minimum absolute atomic E-state index is 0.0738. The van der Waals surface area contributed by atoms with Crippen molar-refractivity contribution in [3.8, 4) is 0 Å². The Hall–Kier alpha value is -0.860. The Balaban J connectivity index is 2.33. The van der Waals surface area contributed by atoms with Crippen molar-refractivity contribution in [2.45, 2.75) is 63.1 Å². The zero-order chi connectivity index (χ0) is 19.8. The molecule has 0 amide bonds. The van der Waals surface area contributed by atoms with Crippen LogP contribution in [0, 0.1) is 0 Å². The zero-order valence-electron chi connectivity index (χ0n) is 15.8. The van der Waals surface area contributed by atoms with Gasteiger partial charge in [-0.25, -0.2) is 0 Å². The van der Waals surface area contributed by atoms with E-state index in [1.54, 1.807) is 0 Å². The molecule has 2 rings (SSSR count). The SMILES string of the molecule is CC[C@H]1CN([C@@H](CC)c2ccc(S(F)(F)(F)(F)F)cc2)[C@H](CC)CN1C. The first-order chi connectivity index (χ1) is 11.8. The molecular formula is C18H29F5N2S. The number of hydrogen-bond acceptors (Lipinski definition) is 2. The number of piperazine rings is 1. The molecule has 1 aliphatic heterocycles. The summed E-state index contributed by atoms with van der Waals surface area (Å²) in [7, 11) is -7.52. The molecule has 1 aromatic rings. The molecule has 152 valence electrons. The van der Waals surface area contributed by atoms with E-state index in [1.165, 1.54) is 12.1 Å². The van der Waals surface area contributed by atoms with Crippen molar-refractivity contribution in [2.75, 3.05) is 20.1 Å². The highest BCUT2D eigenvalue weighted by Crippen LogP contribution is 3.02. The van der Waals surface area contributed by atoms with Gasteiger partial charge in [-0.1, -0.05) is 52.3 Å². The van der Waals surface area contributed by atoms with Crippen LogP contribution in [0.5, 0.6) is 0 Å². The predicted molar refractivity (Wildman–Crippen MR) is 98.4 cm³/mol. The smallest absolute Gasteiger partial charge is 0.301 e. The monoisotopic (exact) mass is 400 g/mol. The van der Waals surface area contributed by atoms with E-state index in [4.69, 9.17) is 0 Å². The summed E-state index contributed by atoms with van der Waals surface area (Å²) in [6.07, 6.45) is 2.64. The van der Waals surface area contributed by atoms with Crippen LogP contribution < -0.4 is 0 Å². The molecule has 0 saturated carbocycles. The molecule has 2 nitrogen and oxygen atoms in total. The summed E-state index contributed by atoms with van der Waals surface area (Å²) in [5, 5.41) is 0. The summed E-state index contributed by atoms with van der Waals surface area (Å²) in [4.78, 5) is 2.85. The third kappa shape index (κ3) is 4.70. The molecule has 1 fully saturated rings. The standard InChI is InChI=1S/C18H29F5N2S/c1-5-15-13-25(16(6-2)12-24(15)4)18(7-3)14-8-10-17(11-9-14)26(19,20,21,22)23/h8-11,15-16,18H,5-7,12-13H2,1-4H3/t15-,16+,18-/m0/s1. The van der Waals surface area contributed by atoms with Crippen molar-refractivity contribution in [3.05, 3.63) is 29.8 Å². The van der Waals surface area contributed by atoms with Crippen LogP contribution in [-0.2, 0) is 0 Å². The van der Waals surface area contributed by atoms with Crippen LogP contribution in [0.3, 0.4) is 0 Å². The molecule has 26 heavy (non-hydrogen) atoms. The zero-order valence-corrected chi connectivity index (χ0v) is 16.6. The van der Waals surface area contributed by atoms with Gasteiger partial charge in [-0.05, 0) is 44.0 Å². The molecule has 0 radical (unpaired) electrons. The van der Waals surface area contributed by atoms with Crippen molar-refractivity contribution >= 4 is 10.2 Å². The molecule has 1 aliphatic rings. The number of likely N-dealkylation sites (N-methyl/N-ethyl adjacent to an activating group) is 1. The lowest BCUT2D eigenvalue weighted by molar-refractivity contribution is 0.00934. The van der Waals surface area contributed by atoms with E-state index < -0.39 is 15.1 Å². The second-order valence-electron chi connectivity index (χ2n) is 7.22. The molecule has 0 aromatic heterocycles. The Bertz CT molecular complexity index is 617. The average molecular weight is 401 g/mol. The first-order valence-electron chi connectivity index (χ1n) is 9.10. The van der Waals surface area contributed by atoms with E-state index in [0.29, 0.717) is 36.2 Å². The van der Waals surface area contributed by atoms with E-state index in [0.717, 1.165) is 25.9 Å². The maximum absolute atomic E-state index is 13.0. The summed E-state index contributed by atoms with van der Waals surface area (Å²) in [6, 6.07) is 4.11. The highest BCUT2D eigenvalue weighted by Gasteiger charge is 2.65. The lowest BCUT2D eigenvalue weighted by Crippen LogP contribution is -2.57. The molecule has 1 saturated heterocycles. The van der Waals surface area contributed by atoms with Crippen LogP contribution in [0.15, 0.2) is 29.2 Å². The van der Waals surface area contributed by atoms with Crippen LogP contribution in [0.1, 0.15) is 51.6 Å². The maximum Gasteiger partial charge on any atom is 0.310 e. The summed E-state index contributed by atoms with van der Waals surface area (Å²) in [6.45, 7) is 7.93. The van der Waals surface area contributed by atoms with Gasteiger partial charge in [0, 0.05) is 31.2 Å². The van der Waals surface area contributed by atoms with E-state index in [-0.39, 0.29) is 6.04 Å². The fourth-order valence-electron chi connectivity index (χ4n) is 3.91. The van der Waals surface area contributed by atoms with Crippen LogP contribution in [0.4, 0.5) is 19.4 Å². The summed E-state index contributed by atoms with van der Waals surface area (Å²) in [5.74, 6) is 0. The quantitative estimate of drug-likeness (QED) is 0.496. The van der Waals surface area contributed by atoms with Crippen molar-refractivity contribution in [1.82, 2.24) is 9.80 Å². The van der Waals surface area contributed by atoms with Gasteiger partial charge in [0.05, 0.1) is 0 Å². The molecular weight excluding hydrogens is 371 g/mol. The average Bonchev–Trinajstić information content (AvgIpc) is 2.54. The molecule has 0 aliphatic carbocycles. The predicted octanol–water partition coefficient (Wildman–Crippen LogP) is 6.60. The maximum atomic E-state index is 13.0. The van der Waals surface area contributed by atoms with Gasteiger partial charge in [0.2, 0.25) is 0 Å². The minimum Gasteiger partial charge on any atom is -0.301 e. The molecule has 1 aromatic carbocycles. The first-order valence-corrected chi connectivity index (χ1v) is 11.1. The second kappa shape index (κ2) is 6.63. The first kappa shape index (κ1) is 21.4. The van der Waals surface area contributed by atoms with Crippen molar-refractivity contribution in [2.24, 2.45) is 0 Å². The Morgan fingerprint density at radius 1 is 0.923 bits per heavy atom. The summed E-state index contributed by atoms with van der Waals surface area (Å²) < 4.78 is 64.8. The van der Waals surface area contributed by atoms with Crippen molar-refractivity contribution in [1.29, 1.82) is 0 Å². The summed E-state index contributed by atoms with van der Waals surface area (Å²) in [5.41, 5.74) is 0.663. The van der Waals surface area contributed by atoms with Crippen LogP contribution in [0.2, 0.25) is 0 Å². The van der Waals surface area contributed by atoms with Gasteiger partial charge in [0.1, 0.15) is 4.90 Å². The fraction of sp³-hybridized carbons (Fsp3) is 0.667. The Kier molecular flexibility index (Phi) is 5.47. The van der Waals surface area contributed by atoms with E-state index >= 15 is 0 Å². The van der Waals surface area contributed by atoms with Gasteiger partial charge in [-0.2, -0.15) is 0 Å². The summed E-state index contributed by atoms with van der Waals surface area (Å²) >= 11 is 0. The Labute approximate surface area is 153 Å². The lowest BCUT2D eigenvalue weighted by Gasteiger charge is -2.48. The van der Waals surface area contributed by atoms with Crippen molar-refractivity contribution in [3.63, 3.8) is 0 Å². The van der Waals surface area contributed by atoms with E-state index in [9.17, 15) is 19.4 Å². The van der Waals surface area contributed by atoms with Gasteiger partial charge in [0.25, 0.3) is 0 Å². The van der Waals surface area contributed by atoms with Gasteiger partial charge < -0.3 is 4.90 Å². The lowest BCUT2D eigenvalue weighted by atomic mass is 9.95. The van der Waals surface area contributed by atoms with Crippen LogP contribution >= 0.6 is 10.2 Å². The molecule has 0 bridgehead atoms. The Morgan fingerprint density at radius 3 is 1.88 bits per heavy atom. The number of rotatable bonds is 6.